The Morgan fingerprint density at radius 2 is 2.27 bits per heavy atom. The number of carbonyl (C=O) groups excluding carboxylic acids is 1. The molecule has 5 heteroatoms. The molecule has 5 nitrogen and oxygen atoms in total. The minimum atomic E-state index is -0.585. The van der Waals surface area contributed by atoms with E-state index in [1.54, 1.807) is 6.07 Å². The molecular formula is C10H8N2O3. The molecule has 0 unspecified atom stereocenters. The zero-order valence-electron chi connectivity index (χ0n) is 7.94. The number of nitrogens with zero attached hydrogens (tertiary/aromatic N) is 1. The summed E-state index contributed by atoms with van der Waals surface area (Å²) >= 11 is 0. The third kappa shape index (κ3) is 1.38. The van der Waals surface area contributed by atoms with Gasteiger partial charge in [-0.05, 0) is 13.0 Å². The van der Waals surface area contributed by atoms with E-state index in [2.05, 4.69) is 9.97 Å². The fourth-order valence-corrected chi connectivity index (χ4v) is 1.45. The second kappa shape index (κ2) is 3.20. The van der Waals surface area contributed by atoms with Crippen molar-refractivity contribution in [3.63, 3.8) is 0 Å². The van der Waals surface area contributed by atoms with E-state index < -0.39 is 11.3 Å². The Labute approximate surface area is 84.4 Å². The van der Waals surface area contributed by atoms with Crippen LogP contribution in [0.5, 0.6) is 5.75 Å². The minimum Gasteiger partial charge on any atom is -0.506 e. The monoisotopic (exact) mass is 204 g/mol. The predicted octanol–water partition coefficient (Wildman–Crippen LogP) is 0.831. The van der Waals surface area contributed by atoms with Crippen LogP contribution in [0.3, 0.4) is 0 Å². The van der Waals surface area contributed by atoms with Crippen LogP contribution in [0.1, 0.15) is 17.3 Å². The van der Waals surface area contributed by atoms with E-state index in [0.29, 0.717) is 10.9 Å². The van der Waals surface area contributed by atoms with Crippen molar-refractivity contribution in [2.75, 3.05) is 0 Å². The number of aromatic amines is 1. The van der Waals surface area contributed by atoms with Crippen molar-refractivity contribution in [3.8, 4) is 5.75 Å². The largest absolute Gasteiger partial charge is 0.506 e. The van der Waals surface area contributed by atoms with Crippen LogP contribution >= 0.6 is 0 Å². The number of carbonyl (C=O) groups is 1. The lowest BCUT2D eigenvalue weighted by molar-refractivity contribution is 0.101. The lowest BCUT2D eigenvalue weighted by atomic mass is 10.1. The van der Waals surface area contributed by atoms with Crippen LogP contribution in [0.4, 0.5) is 0 Å². The zero-order chi connectivity index (χ0) is 11.0. The summed E-state index contributed by atoms with van der Waals surface area (Å²) in [6.45, 7) is 1.23. The summed E-state index contributed by atoms with van der Waals surface area (Å²) in [4.78, 5) is 28.9. The summed E-state index contributed by atoms with van der Waals surface area (Å²) in [6, 6.07) is 1.56. The predicted molar refractivity (Wildman–Crippen MR) is 54.0 cm³/mol. The Kier molecular flexibility index (Phi) is 2.00. The highest BCUT2D eigenvalue weighted by molar-refractivity contribution is 6.01. The Balaban J connectivity index is 2.97. The molecule has 0 aromatic carbocycles. The normalized spacial score (nSPS) is 10.5. The van der Waals surface area contributed by atoms with Crippen molar-refractivity contribution in [2.45, 2.75) is 6.92 Å². The summed E-state index contributed by atoms with van der Waals surface area (Å²) < 4.78 is 0. The van der Waals surface area contributed by atoms with E-state index in [1.807, 2.05) is 0 Å². The minimum absolute atomic E-state index is 0.226. The van der Waals surface area contributed by atoms with Gasteiger partial charge in [-0.2, -0.15) is 0 Å². The second-order valence-corrected chi connectivity index (χ2v) is 3.16. The second-order valence-electron chi connectivity index (χ2n) is 3.16. The first-order chi connectivity index (χ1) is 7.11. The number of pyridine rings is 2. The van der Waals surface area contributed by atoms with Gasteiger partial charge >= 0.3 is 0 Å². The van der Waals surface area contributed by atoms with Crippen LogP contribution in [-0.2, 0) is 0 Å². The number of aromatic nitrogens is 2. The Hall–Kier alpha value is -2.17. The third-order valence-electron chi connectivity index (χ3n) is 2.14. The van der Waals surface area contributed by atoms with E-state index >= 15 is 0 Å². The van der Waals surface area contributed by atoms with Gasteiger partial charge in [-0.15, -0.1) is 0 Å². The van der Waals surface area contributed by atoms with Gasteiger partial charge < -0.3 is 10.1 Å². The van der Waals surface area contributed by atoms with Crippen LogP contribution in [0.2, 0.25) is 0 Å². The number of nitrogens with one attached hydrogen (secondary N) is 1. The van der Waals surface area contributed by atoms with Crippen LogP contribution < -0.4 is 5.56 Å². The van der Waals surface area contributed by atoms with E-state index in [1.165, 1.54) is 19.3 Å². The van der Waals surface area contributed by atoms with Gasteiger partial charge in [-0.25, -0.2) is 0 Å². The van der Waals surface area contributed by atoms with Gasteiger partial charge in [0.2, 0.25) is 0 Å². The quantitative estimate of drug-likeness (QED) is 0.674. The molecule has 76 valence electrons. The fourth-order valence-electron chi connectivity index (χ4n) is 1.45. The molecule has 0 amide bonds. The number of hydrogen-bond acceptors (Lipinski definition) is 4. The molecule has 0 bridgehead atoms. The number of H-pyrrole nitrogens is 1. The molecular weight excluding hydrogens is 196 g/mol. The number of rotatable bonds is 1. The maximum Gasteiger partial charge on any atom is 0.263 e. The first-order valence-electron chi connectivity index (χ1n) is 4.31. The molecule has 0 aliphatic carbocycles. The van der Waals surface area contributed by atoms with E-state index in [9.17, 15) is 14.7 Å². The van der Waals surface area contributed by atoms with Crippen LogP contribution in [0.15, 0.2) is 23.3 Å². The van der Waals surface area contributed by atoms with Crippen molar-refractivity contribution in [1.82, 2.24) is 9.97 Å². The molecule has 2 aromatic heterocycles. The molecule has 0 radical (unpaired) electrons. The highest BCUT2D eigenvalue weighted by atomic mass is 16.3. The Bertz CT molecular complexity index is 601. The average Bonchev–Trinajstić information content (AvgIpc) is 2.17. The molecule has 2 heterocycles. The standard InChI is InChI=1S/C10H8N2O3/c1-5(13)8-9(14)6-4-11-3-2-7(6)12-10(8)15/h2-4H,1H3,(H2,12,14,15). The van der Waals surface area contributed by atoms with Gasteiger partial charge in [0.1, 0.15) is 11.3 Å². The van der Waals surface area contributed by atoms with Gasteiger partial charge in [0, 0.05) is 12.4 Å². The summed E-state index contributed by atoms with van der Waals surface area (Å²) in [7, 11) is 0. The average molecular weight is 204 g/mol. The highest BCUT2D eigenvalue weighted by Crippen LogP contribution is 2.23. The molecule has 0 saturated heterocycles. The zero-order valence-corrected chi connectivity index (χ0v) is 7.94. The molecule has 2 N–H and O–H groups in total. The van der Waals surface area contributed by atoms with Crippen LogP contribution in [0, 0.1) is 0 Å². The van der Waals surface area contributed by atoms with E-state index in [-0.39, 0.29) is 11.3 Å². The Morgan fingerprint density at radius 3 is 2.93 bits per heavy atom. The molecule has 0 saturated carbocycles. The summed E-state index contributed by atoms with van der Waals surface area (Å²) in [6.07, 6.45) is 2.89. The summed E-state index contributed by atoms with van der Waals surface area (Å²) in [5.74, 6) is -0.783. The topological polar surface area (TPSA) is 83.0 Å². The summed E-state index contributed by atoms with van der Waals surface area (Å²) in [5.41, 5.74) is -0.355. The SMILES string of the molecule is CC(=O)c1c(O)c2cnccc2[nH]c1=O. The maximum absolute atomic E-state index is 11.4. The summed E-state index contributed by atoms with van der Waals surface area (Å²) in [5, 5.41) is 10.1. The van der Waals surface area contributed by atoms with Gasteiger partial charge in [-0.1, -0.05) is 0 Å². The molecule has 0 fully saturated rings. The molecule has 2 rings (SSSR count). The molecule has 2 aromatic rings. The third-order valence-corrected chi connectivity index (χ3v) is 2.14. The lowest BCUT2D eigenvalue weighted by Crippen LogP contribution is -2.16. The molecule has 15 heavy (non-hydrogen) atoms. The number of Topliss-reactive ketones (excluding diaryl/α,β-unsaturated/α-hetero) is 1. The lowest BCUT2D eigenvalue weighted by Gasteiger charge is -2.03. The van der Waals surface area contributed by atoms with Crippen LogP contribution in [0.25, 0.3) is 10.9 Å². The van der Waals surface area contributed by atoms with E-state index in [4.69, 9.17) is 0 Å². The van der Waals surface area contributed by atoms with Crippen molar-refractivity contribution in [2.24, 2.45) is 0 Å². The molecule has 0 atom stereocenters. The number of fused-ring (bicyclic) bond motifs is 1. The van der Waals surface area contributed by atoms with Crippen molar-refractivity contribution >= 4 is 16.7 Å². The van der Waals surface area contributed by atoms with Crippen LogP contribution in [-0.4, -0.2) is 20.9 Å². The van der Waals surface area contributed by atoms with Crippen molar-refractivity contribution < 1.29 is 9.90 Å². The van der Waals surface area contributed by atoms with Crippen molar-refractivity contribution in [1.29, 1.82) is 0 Å². The van der Waals surface area contributed by atoms with Gasteiger partial charge in [-0.3, -0.25) is 14.6 Å². The smallest absolute Gasteiger partial charge is 0.263 e. The number of aromatic hydroxyl groups is 1. The van der Waals surface area contributed by atoms with Gasteiger partial charge in [0.05, 0.1) is 10.9 Å². The number of hydrogen-bond donors (Lipinski definition) is 2. The van der Waals surface area contributed by atoms with Gasteiger partial charge in [0.25, 0.3) is 5.56 Å². The van der Waals surface area contributed by atoms with E-state index in [0.717, 1.165) is 0 Å². The first kappa shape index (κ1) is 9.39. The first-order valence-corrected chi connectivity index (χ1v) is 4.31. The number of ketones is 1. The van der Waals surface area contributed by atoms with Crippen molar-refractivity contribution in [3.05, 3.63) is 34.4 Å². The molecule has 0 aliphatic heterocycles. The molecule has 0 spiro atoms. The maximum atomic E-state index is 11.4. The Morgan fingerprint density at radius 1 is 1.53 bits per heavy atom. The molecule has 0 aliphatic rings. The fraction of sp³-hybridized carbons (Fsp3) is 0.100. The van der Waals surface area contributed by atoms with Gasteiger partial charge in [0.15, 0.2) is 5.78 Å². The highest BCUT2D eigenvalue weighted by Gasteiger charge is 2.15.